The maximum absolute atomic E-state index is 12.7. The van der Waals surface area contributed by atoms with E-state index in [1.807, 2.05) is 54.9 Å². The van der Waals surface area contributed by atoms with Crippen LogP contribution in [0.15, 0.2) is 53.4 Å². The summed E-state index contributed by atoms with van der Waals surface area (Å²) in [5.74, 6) is 0.335. The van der Waals surface area contributed by atoms with Crippen molar-refractivity contribution in [3.05, 3.63) is 64.8 Å². The van der Waals surface area contributed by atoms with Crippen LogP contribution in [-0.4, -0.2) is 20.7 Å². The third-order valence-corrected chi connectivity index (χ3v) is 5.04. The molecule has 0 bridgehead atoms. The topological polar surface area (TPSA) is 55.2 Å². The summed E-state index contributed by atoms with van der Waals surface area (Å²) in [6, 6.07) is 15.1. The predicted octanol–water partition coefficient (Wildman–Crippen LogP) is 4.12. The van der Waals surface area contributed by atoms with Crippen LogP contribution in [0.5, 0.6) is 0 Å². The van der Waals surface area contributed by atoms with Crippen molar-refractivity contribution in [2.75, 3.05) is 4.90 Å². The minimum atomic E-state index is -0.314. The number of hydrogen-bond donors (Lipinski definition) is 0. The molecule has 4 rings (SSSR count). The van der Waals surface area contributed by atoms with Gasteiger partial charge in [0.25, 0.3) is 11.1 Å². The number of anilines is 1. The van der Waals surface area contributed by atoms with Crippen molar-refractivity contribution in [2.24, 2.45) is 7.05 Å². The number of fused-ring (bicyclic) bond motifs is 1. The van der Waals surface area contributed by atoms with E-state index in [2.05, 4.69) is 4.98 Å². The first kappa shape index (κ1) is 15.7. The fourth-order valence-corrected chi connectivity index (χ4v) is 3.61. The number of aryl methyl sites for hydroxylation is 2. The number of aromatic nitrogens is 2. The Bertz CT molecular complexity index is 1030. The highest BCUT2D eigenvalue weighted by Gasteiger charge is 2.36. The minimum absolute atomic E-state index is 0.293. The average molecular weight is 349 g/mol. The molecule has 2 aromatic carbocycles. The number of imidazole rings is 1. The Morgan fingerprint density at radius 3 is 2.48 bits per heavy atom. The molecule has 1 saturated heterocycles. The van der Waals surface area contributed by atoms with Gasteiger partial charge in [0.1, 0.15) is 5.82 Å². The standard InChI is InChI=1S/C19H15N3O2S/c1-12-7-9-13(10-8-12)22-18(23)16(25-19(22)24)11-17-20-14-5-3-4-6-15(14)21(17)2/h3-11H,1-2H3. The van der Waals surface area contributed by atoms with E-state index in [9.17, 15) is 9.59 Å². The maximum atomic E-state index is 12.7. The van der Waals surface area contributed by atoms with Crippen LogP contribution < -0.4 is 4.90 Å². The zero-order valence-corrected chi connectivity index (χ0v) is 14.6. The predicted molar refractivity (Wildman–Crippen MR) is 100 cm³/mol. The summed E-state index contributed by atoms with van der Waals surface area (Å²) < 4.78 is 1.91. The first-order valence-electron chi connectivity index (χ1n) is 7.81. The van der Waals surface area contributed by atoms with E-state index >= 15 is 0 Å². The van der Waals surface area contributed by atoms with Gasteiger partial charge in [-0.2, -0.15) is 0 Å². The summed E-state index contributed by atoms with van der Waals surface area (Å²) >= 11 is 0.939. The molecule has 124 valence electrons. The molecule has 6 heteroatoms. The molecule has 1 fully saturated rings. The Labute approximate surface area is 149 Å². The molecule has 0 N–H and O–H groups in total. The summed E-state index contributed by atoms with van der Waals surface area (Å²) in [5.41, 5.74) is 3.49. The number of hydrogen-bond acceptors (Lipinski definition) is 4. The molecule has 2 heterocycles. The molecule has 0 aliphatic carbocycles. The van der Waals surface area contributed by atoms with E-state index in [-0.39, 0.29) is 11.1 Å². The molecule has 0 atom stereocenters. The van der Waals surface area contributed by atoms with Crippen LogP contribution in [0.4, 0.5) is 10.5 Å². The highest BCUT2D eigenvalue weighted by Crippen LogP contribution is 2.35. The molecule has 3 aromatic rings. The zero-order valence-electron chi connectivity index (χ0n) is 13.8. The molecule has 5 nitrogen and oxygen atoms in total. The fourth-order valence-electron chi connectivity index (χ4n) is 2.79. The molecule has 0 unspecified atom stereocenters. The van der Waals surface area contributed by atoms with Gasteiger partial charge in [0.05, 0.1) is 21.6 Å². The Morgan fingerprint density at radius 2 is 1.76 bits per heavy atom. The Hall–Kier alpha value is -2.86. The Balaban J connectivity index is 1.72. The molecule has 0 radical (unpaired) electrons. The molecule has 1 aliphatic heterocycles. The minimum Gasteiger partial charge on any atom is -0.328 e. The monoisotopic (exact) mass is 349 g/mol. The van der Waals surface area contributed by atoms with Gasteiger partial charge in [0.15, 0.2) is 0 Å². The molecule has 1 aromatic heterocycles. The lowest BCUT2D eigenvalue weighted by atomic mass is 10.2. The number of benzene rings is 2. The SMILES string of the molecule is Cc1ccc(N2C(=O)SC(=Cc3nc4ccccc4n3C)C2=O)cc1. The highest BCUT2D eigenvalue weighted by atomic mass is 32.2. The van der Waals surface area contributed by atoms with Crippen molar-refractivity contribution < 1.29 is 9.59 Å². The smallest absolute Gasteiger partial charge is 0.298 e. The van der Waals surface area contributed by atoms with Gasteiger partial charge < -0.3 is 4.57 Å². The van der Waals surface area contributed by atoms with Crippen LogP contribution in [0.3, 0.4) is 0 Å². The third kappa shape index (κ3) is 2.64. The lowest BCUT2D eigenvalue weighted by Crippen LogP contribution is -2.27. The van der Waals surface area contributed by atoms with Gasteiger partial charge in [-0.15, -0.1) is 0 Å². The van der Waals surface area contributed by atoms with Gasteiger partial charge in [-0.1, -0.05) is 29.8 Å². The number of thioether (sulfide) groups is 1. The summed E-state index contributed by atoms with van der Waals surface area (Å²) in [6.45, 7) is 1.96. The van der Waals surface area contributed by atoms with Crippen LogP contribution >= 0.6 is 11.8 Å². The number of carbonyl (C=O) groups is 2. The summed E-state index contributed by atoms with van der Waals surface area (Å²) in [6.07, 6.45) is 1.68. The van der Waals surface area contributed by atoms with Gasteiger partial charge in [-0.05, 0) is 43.0 Å². The first-order valence-corrected chi connectivity index (χ1v) is 8.62. The van der Waals surface area contributed by atoms with Gasteiger partial charge in [-0.25, -0.2) is 9.88 Å². The van der Waals surface area contributed by atoms with Crippen molar-refractivity contribution in [1.29, 1.82) is 0 Å². The zero-order chi connectivity index (χ0) is 17.6. The van der Waals surface area contributed by atoms with Crippen LogP contribution in [0, 0.1) is 6.92 Å². The lowest BCUT2D eigenvalue weighted by molar-refractivity contribution is -0.113. The highest BCUT2D eigenvalue weighted by molar-refractivity contribution is 8.19. The molecular weight excluding hydrogens is 334 g/mol. The van der Waals surface area contributed by atoms with Crippen LogP contribution in [0.2, 0.25) is 0 Å². The summed E-state index contributed by atoms with van der Waals surface area (Å²) in [5, 5.41) is -0.293. The second-order valence-electron chi connectivity index (χ2n) is 5.87. The largest absolute Gasteiger partial charge is 0.328 e. The van der Waals surface area contributed by atoms with E-state index in [0.29, 0.717) is 16.4 Å². The van der Waals surface area contributed by atoms with Gasteiger partial charge in [0, 0.05) is 13.1 Å². The number of para-hydroxylation sites is 2. The van der Waals surface area contributed by atoms with Crippen molar-refractivity contribution in [2.45, 2.75) is 6.92 Å². The van der Waals surface area contributed by atoms with Crippen LogP contribution in [0.1, 0.15) is 11.4 Å². The molecule has 1 aliphatic rings. The number of imide groups is 1. The second kappa shape index (κ2) is 5.89. The molecular formula is C19H15N3O2S. The van der Waals surface area contributed by atoms with E-state index in [4.69, 9.17) is 0 Å². The summed E-state index contributed by atoms with van der Waals surface area (Å²) in [7, 11) is 1.89. The molecule has 0 spiro atoms. The van der Waals surface area contributed by atoms with E-state index < -0.39 is 0 Å². The van der Waals surface area contributed by atoms with Crippen LogP contribution in [-0.2, 0) is 11.8 Å². The average Bonchev–Trinajstić information content (AvgIpc) is 3.06. The van der Waals surface area contributed by atoms with Crippen molar-refractivity contribution in [1.82, 2.24) is 9.55 Å². The van der Waals surface area contributed by atoms with Crippen LogP contribution in [0.25, 0.3) is 17.1 Å². The summed E-state index contributed by atoms with van der Waals surface area (Å²) in [4.78, 5) is 31.2. The lowest BCUT2D eigenvalue weighted by Gasteiger charge is -2.12. The fraction of sp³-hybridized carbons (Fsp3) is 0.105. The molecule has 2 amide bonds. The van der Waals surface area contributed by atoms with Gasteiger partial charge in [0.2, 0.25) is 0 Å². The van der Waals surface area contributed by atoms with E-state index in [0.717, 1.165) is 28.4 Å². The Kier molecular flexibility index (Phi) is 3.69. The van der Waals surface area contributed by atoms with E-state index in [1.165, 1.54) is 4.90 Å². The number of carbonyl (C=O) groups excluding carboxylic acids is 2. The molecule has 25 heavy (non-hydrogen) atoms. The number of amides is 2. The molecule has 0 saturated carbocycles. The number of rotatable bonds is 2. The first-order chi connectivity index (χ1) is 12.0. The quantitative estimate of drug-likeness (QED) is 0.653. The maximum Gasteiger partial charge on any atom is 0.298 e. The van der Waals surface area contributed by atoms with Crippen molar-refractivity contribution in [3.8, 4) is 0 Å². The third-order valence-electron chi connectivity index (χ3n) is 4.17. The van der Waals surface area contributed by atoms with Gasteiger partial charge in [-0.3, -0.25) is 9.59 Å². The van der Waals surface area contributed by atoms with Crippen molar-refractivity contribution in [3.63, 3.8) is 0 Å². The van der Waals surface area contributed by atoms with Crippen molar-refractivity contribution >= 4 is 45.7 Å². The normalized spacial score (nSPS) is 16.4. The van der Waals surface area contributed by atoms with Gasteiger partial charge >= 0.3 is 0 Å². The second-order valence-corrected chi connectivity index (χ2v) is 6.86. The van der Waals surface area contributed by atoms with E-state index in [1.54, 1.807) is 18.2 Å². The number of nitrogens with zero attached hydrogens (tertiary/aromatic N) is 3. The Morgan fingerprint density at radius 1 is 1.04 bits per heavy atom.